The zero-order chi connectivity index (χ0) is 11.4. The van der Waals surface area contributed by atoms with E-state index in [0.717, 1.165) is 32.4 Å². The molecule has 1 atom stereocenters. The van der Waals surface area contributed by atoms with Crippen LogP contribution >= 0.6 is 11.6 Å². The molecule has 5 nitrogen and oxygen atoms in total. The lowest BCUT2D eigenvalue weighted by Crippen LogP contribution is -2.14. The first-order chi connectivity index (χ1) is 7.77. The third-order valence-electron chi connectivity index (χ3n) is 2.62. The minimum Gasteiger partial charge on any atom is -0.393 e. The van der Waals surface area contributed by atoms with Crippen molar-refractivity contribution in [3.63, 3.8) is 0 Å². The number of nitrogens with one attached hydrogen (secondary N) is 1. The molecule has 1 aliphatic heterocycles. The van der Waals surface area contributed by atoms with Crippen LogP contribution in [0.1, 0.15) is 19.3 Å². The second kappa shape index (κ2) is 5.32. The van der Waals surface area contributed by atoms with Crippen molar-refractivity contribution >= 4 is 23.1 Å². The number of hydrogen-bond donors (Lipinski definition) is 2. The van der Waals surface area contributed by atoms with Crippen LogP contribution in [0, 0.1) is 0 Å². The van der Waals surface area contributed by atoms with Gasteiger partial charge >= 0.3 is 0 Å². The molecule has 6 heteroatoms. The zero-order valence-corrected chi connectivity index (χ0v) is 9.70. The highest BCUT2D eigenvalue weighted by atomic mass is 35.5. The molecule has 88 valence electrons. The van der Waals surface area contributed by atoms with Gasteiger partial charge in [0.05, 0.1) is 6.10 Å². The van der Waals surface area contributed by atoms with Crippen LogP contribution in [-0.2, 0) is 4.74 Å². The predicted molar refractivity (Wildman–Crippen MR) is 63.5 cm³/mol. The second-order valence-corrected chi connectivity index (χ2v) is 4.14. The van der Waals surface area contributed by atoms with Gasteiger partial charge in [-0.1, -0.05) is 11.6 Å². The normalized spacial score (nSPS) is 19.9. The molecule has 2 heterocycles. The van der Waals surface area contributed by atoms with Crippen molar-refractivity contribution in [1.29, 1.82) is 0 Å². The van der Waals surface area contributed by atoms with E-state index < -0.39 is 0 Å². The van der Waals surface area contributed by atoms with Crippen molar-refractivity contribution in [3.8, 4) is 0 Å². The van der Waals surface area contributed by atoms with Crippen LogP contribution < -0.4 is 11.1 Å². The van der Waals surface area contributed by atoms with Gasteiger partial charge in [-0.15, -0.1) is 0 Å². The summed E-state index contributed by atoms with van der Waals surface area (Å²) in [6.45, 7) is 1.66. The zero-order valence-electron chi connectivity index (χ0n) is 8.95. The van der Waals surface area contributed by atoms with E-state index in [9.17, 15) is 0 Å². The van der Waals surface area contributed by atoms with Crippen molar-refractivity contribution in [2.24, 2.45) is 0 Å². The highest BCUT2D eigenvalue weighted by Gasteiger charge is 2.15. The number of rotatable bonds is 4. The minimum atomic E-state index is 0.287. The van der Waals surface area contributed by atoms with Gasteiger partial charge in [-0.3, -0.25) is 0 Å². The predicted octanol–water partition coefficient (Wildman–Crippen LogP) is 1.69. The Kier molecular flexibility index (Phi) is 3.79. The molecule has 0 saturated carbocycles. The number of hydrogen-bond acceptors (Lipinski definition) is 5. The van der Waals surface area contributed by atoms with Crippen LogP contribution in [0.15, 0.2) is 6.33 Å². The van der Waals surface area contributed by atoms with Gasteiger partial charge in [0.25, 0.3) is 0 Å². The van der Waals surface area contributed by atoms with Crippen molar-refractivity contribution < 1.29 is 4.74 Å². The van der Waals surface area contributed by atoms with E-state index in [0.29, 0.717) is 17.6 Å². The van der Waals surface area contributed by atoms with E-state index in [4.69, 9.17) is 22.1 Å². The Morgan fingerprint density at radius 2 is 2.44 bits per heavy atom. The van der Waals surface area contributed by atoms with Gasteiger partial charge in [0.2, 0.25) is 0 Å². The van der Waals surface area contributed by atoms with E-state index in [1.54, 1.807) is 0 Å². The van der Waals surface area contributed by atoms with Gasteiger partial charge in [-0.05, 0) is 19.3 Å². The Morgan fingerprint density at radius 3 is 3.19 bits per heavy atom. The fourth-order valence-corrected chi connectivity index (χ4v) is 1.87. The summed E-state index contributed by atoms with van der Waals surface area (Å²) in [6.07, 6.45) is 5.02. The van der Waals surface area contributed by atoms with Gasteiger partial charge in [0.15, 0.2) is 11.0 Å². The smallest absolute Gasteiger partial charge is 0.157 e. The fourth-order valence-electron chi connectivity index (χ4n) is 1.74. The lowest BCUT2D eigenvalue weighted by molar-refractivity contribution is 0.107. The SMILES string of the molecule is Nc1c(Cl)ncnc1NCCC1CCCO1. The highest BCUT2D eigenvalue weighted by Crippen LogP contribution is 2.22. The molecule has 0 spiro atoms. The number of halogens is 1. The first-order valence-corrected chi connectivity index (χ1v) is 5.76. The molecule has 0 aliphatic carbocycles. The summed E-state index contributed by atoms with van der Waals surface area (Å²) in [6, 6.07) is 0. The molecule has 1 aromatic rings. The van der Waals surface area contributed by atoms with E-state index >= 15 is 0 Å². The molecule has 0 amide bonds. The lowest BCUT2D eigenvalue weighted by Gasteiger charge is -2.11. The Balaban J connectivity index is 1.82. The molecule has 1 aromatic heterocycles. The topological polar surface area (TPSA) is 73.1 Å². The summed E-state index contributed by atoms with van der Waals surface area (Å²) in [7, 11) is 0. The Labute approximate surface area is 99.4 Å². The van der Waals surface area contributed by atoms with Crippen molar-refractivity contribution in [1.82, 2.24) is 9.97 Å². The summed E-state index contributed by atoms with van der Waals surface area (Å²) >= 11 is 5.78. The standard InChI is InChI=1S/C10H15ClN4O/c11-9-8(12)10(15-6-14-9)13-4-3-7-2-1-5-16-7/h6-7H,1-5,12H2,(H,13,14,15). The van der Waals surface area contributed by atoms with Gasteiger partial charge in [0, 0.05) is 13.2 Å². The van der Waals surface area contributed by atoms with Crippen molar-refractivity contribution in [3.05, 3.63) is 11.5 Å². The van der Waals surface area contributed by atoms with E-state index in [-0.39, 0.29) is 5.15 Å². The maximum absolute atomic E-state index is 5.78. The van der Waals surface area contributed by atoms with E-state index in [2.05, 4.69) is 15.3 Å². The van der Waals surface area contributed by atoms with Gasteiger partial charge in [0.1, 0.15) is 12.0 Å². The Morgan fingerprint density at radius 1 is 1.56 bits per heavy atom. The maximum atomic E-state index is 5.78. The molecule has 2 rings (SSSR count). The Hall–Kier alpha value is -1.07. The highest BCUT2D eigenvalue weighted by molar-refractivity contribution is 6.32. The third kappa shape index (κ3) is 2.74. The average Bonchev–Trinajstić information content (AvgIpc) is 2.77. The molecule has 0 bridgehead atoms. The van der Waals surface area contributed by atoms with Crippen LogP contribution in [0.25, 0.3) is 0 Å². The molecular weight excluding hydrogens is 228 g/mol. The number of nitrogens with two attached hydrogens (primary N) is 1. The van der Waals surface area contributed by atoms with E-state index in [1.807, 2.05) is 0 Å². The van der Waals surface area contributed by atoms with Crippen molar-refractivity contribution in [2.45, 2.75) is 25.4 Å². The average molecular weight is 243 g/mol. The van der Waals surface area contributed by atoms with Crippen LogP contribution in [0.3, 0.4) is 0 Å². The summed E-state index contributed by atoms with van der Waals surface area (Å²) in [5.41, 5.74) is 6.13. The van der Waals surface area contributed by atoms with Crippen LogP contribution in [0.2, 0.25) is 5.15 Å². The summed E-state index contributed by atoms with van der Waals surface area (Å²) in [5.74, 6) is 0.595. The lowest BCUT2D eigenvalue weighted by atomic mass is 10.2. The largest absolute Gasteiger partial charge is 0.393 e. The van der Waals surface area contributed by atoms with Gasteiger partial charge in [-0.2, -0.15) is 0 Å². The molecule has 1 aliphatic rings. The van der Waals surface area contributed by atoms with Gasteiger partial charge < -0.3 is 15.8 Å². The number of ether oxygens (including phenoxy) is 1. The number of nitrogens with zero attached hydrogens (tertiary/aromatic N) is 2. The molecule has 0 aromatic carbocycles. The first kappa shape index (κ1) is 11.4. The molecule has 1 unspecified atom stereocenters. The monoisotopic (exact) mass is 242 g/mol. The second-order valence-electron chi connectivity index (χ2n) is 3.78. The quantitative estimate of drug-likeness (QED) is 0.787. The molecule has 16 heavy (non-hydrogen) atoms. The first-order valence-electron chi connectivity index (χ1n) is 5.39. The van der Waals surface area contributed by atoms with E-state index in [1.165, 1.54) is 6.33 Å². The molecule has 1 saturated heterocycles. The fraction of sp³-hybridized carbons (Fsp3) is 0.600. The van der Waals surface area contributed by atoms with Crippen LogP contribution in [0.4, 0.5) is 11.5 Å². The van der Waals surface area contributed by atoms with Crippen molar-refractivity contribution in [2.75, 3.05) is 24.2 Å². The Bertz CT molecular complexity index is 355. The summed E-state index contributed by atoms with van der Waals surface area (Å²) < 4.78 is 5.51. The molecular formula is C10H15ClN4O. The van der Waals surface area contributed by atoms with Gasteiger partial charge in [-0.25, -0.2) is 9.97 Å². The number of anilines is 2. The summed E-state index contributed by atoms with van der Waals surface area (Å²) in [4.78, 5) is 7.82. The maximum Gasteiger partial charge on any atom is 0.157 e. The number of nitrogen functional groups attached to an aromatic ring is 1. The van der Waals surface area contributed by atoms with Crippen LogP contribution in [0.5, 0.6) is 0 Å². The molecule has 0 radical (unpaired) electrons. The molecule has 1 fully saturated rings. The third-order valence-corrected chi connectivity index (χ3v) is 2.92. The summed E-state index contributed by atoms with van der Waals surface area (Å²) in [5, 5.41) is 3.43. The minimum absolute atomic E-state index is 0.287. The molecule has 3 N–H and O–H groups in total. The number of aromatic nitrogens is 2. The van der Waals surface area contributed by atoms with Crippen LogP contribution in [-0.4, -0.2) is 29.2 Å².